The van der Waals surface area contributed by atoms with Gasteiger partial charge in [0, 0.05) is 25.2 Å². The molecule has 0 bridgehead atoms. The minimum atomic E-state index is -4.11. The summed E-state index contributed by atoms with van der Waals surface area (Å²) in [6.07, 6.45) is -3.12. The summed E-state index contributed by atoms with van der Waals surface area (Å²) >= 11 is 0. The minimum absolute atomic E-state index is 0.0830. The largest absolute Gasteiger partial charge is 0.401 e. The van der Waals surface area contributed by atoms with Crippen molar-refractivity contribution in [3.8, 4) is 0 Å². The zero-order valence-electron chi connectivity index (χ0n) is 10.6. The molecule has 0 rings (SSSR count). The molecule has 0 aliphatic rings. The molecular weight excluding hydrogens is 217 g/mol. The van der Waals surface area contributed by atoms with E-state index in [4.69, 9.17) is 0 Å². The second kappa shape index (κ2) is 7.12. The maximum Gasteiger partial charge on any atom is 0.401 e. The monoisotopic (exact) mass is 240 g/mol. The van der Waals surface area contributed by atoms with E-state index in [0.29, 0.717) is 19.1 Å². The van der Waals surface area contributed by atoms with E-state index < -0.39 is 12.7 Å². The van der Waals surface area contributed by atoms with Crippen LogP contribution in [0.5, 0.6) is 0 Å². The normalized spacial score (nSPS) is 14.8. The quantitative estimate of drug-likeness (QED) is 0.736. The summed E-state index contributed by atoms with van der Waals surface area (Å²) < 4.78 is 36.8. The highest BCUT2D eigenvalue weighted by molar-refractivity contribution is 4.69. The fraction of sp³-hybridized carbons (Fsp3) is 1.00. The summed E-state index contributed by atoms with van der Waals surface area (Å²) in [6, 6.07) is 0.278. The molecule has 0 aliphatic heterocycles. The lowest BCUT2D eigenvalue weighted by Crippen LogP contribution is -2.43. The summed E-state index contributed by atoms with van der Waals surface area (Å²) in [5, 5.41) is 3.19. The van der Waals surface area contributed by atoms with Gasteiger partial charge in [0.05, 0.1) is 6.54 Å². The molecule has 0 saturated heterocycles. The highest BCUT2D eigenvalue weighted by Crippen LogP contribution is 2.17. The molecule has 16 heavy (non-hydrogen) atoms. The molecule has 0 amide bonds. The molecule has 0 heterocycles. The van der Waals surface area contributed by atoms with Gasteiger partial charge < -0.3 is 5.32 Å². The van der Waals surface area contributed by atoms with E-state index in [9.17, 15) is 13.2 Å². The summed E-state index contributed by atoms with van der Waals surface area (Å²) in [4.78, 5) is 1.44. The van der Waals surface area contributed by atoms with Gasteiger partial charge in [0.2, 0.25) is 0 Å². The van der Waals surface area contributed by atoms with E-state index in [2.05, 4.69) is 5.32 Å². The molecule has 0 aromatic rings. The zero-order chi connectivity index (χ0) is 12.8. The Kier molecular flexibility index (Phi) is 6.99. The van der Waals surface area contributed by atoms with Gasteiger partial charge in [0.1, 0.15) is 0 Å². The second-order valence-electron chi connectivity index (χ2n) is 4.44. The van der Waals surface area contributed by atoms with Crippen LogP contribution < -0.4 is 5.32 Å². The third-order valence-electron chi connectivity index (χ3n) is 2.62. The van der Waals surface area contributed by atoms with Crippen LogP contribution >= 0.6 is 0 Å². The molecule has 5 heteroatoms. The van der Waals surface area contributed by atoms with Gasteiger partial charge in [0.25, 0.3) is 0 Å². The van der Waals surface area contributed by atoms with Gasteiger partial charge in [-0.3, -0.25) is 4.90 Å². The van der Waals surface area contributed by atoms with Crippen molar-refractivity contribution < 1.29 is 13.2 Å². The van der Waals surface area contributed by atoms with Crippen LogP contribution in [0.25, 0.3) is 0 Å². The average molecular weight is 240 g/mol. The maximum atomic E-state index is 12.3. The third kappa shape index (κ3) is 7.93. The van der Waals surface area contributed by atoms with Gasteiger partial charge in [-0.1, -0.05) is 6.92 Å². The molecule has 98 valence electrons. The third-order valence-corrected chi connectivity index (χ3v) is 2.62. The Labute approximate surface area is 96.2 Å². The van der Waals surface area contributed by atoms with E-state index in [1.165, 1.54) is 4.90 Å². The van der Waals surface area contributed by atoms with Crippen molar-refractivity contribution in [1.29, 1.82) is 0 Å². The van der Waals surface area contributed by atoms with Crippen molar-refractivity contribution in [2.75, 3.05) is 19.6 Å². The van der Waals surface area contributed by atoms with E-state index in [1.807, 2.05) is 13.8 Å². The lowest BCUT2D eigenvalue weighted by Gasteiger charge is -2.28. The Morgan fingerprint density at radius 1 is 1.19 bits per heavy atom. The Morgan fingerprint density at radius 3 is 2.12 bits per heavy atom. The fourth-order valence-corrected chi connectivity index (χ4v) is 1.35. The SMILES string of the molecule is CCC(C)NCCN(CC(F)(F)F)C(C)C. The van der Waals surface area contributed by atoms with Crippen molar-refractivity contribution >= 4 is 0 Å². The number of nitrogens with zero attached hydrogens (tertiary/aromatic N) is 1. The molecule has 0 fully saturated rings. The van der Waals surface area contributed by atoms with Crippen LogP contribution in [0, 0.1) is 0 Å². The smallest absolute Gasteiger partial charge is 0.313 e. The number of alkyl halides is 3. The number of halogens is 3. The Morgan fingerprint density at radius 2 is 1.75 bits per heavy atom. The Hall–Kier alpha value is -0.290. The predicted molar refractivity (Wildman–Crippen MR) is 60.5 cm³/mol. The van der Waals surface area contributed by atoms with E-state index in [1.54, 1.807) is 13.8 Å². The van der Waals surface area contributed by atoms with Crippen molar-refractivity contribution in [3.05, 3.63) is 0 Å². The van der Waals surface area contributed by atoms with Gasteiger partial charge in [-0.15, -0.1) is 0 Å². The summed E-state index contributed by atoms with van der Waals surface area (Å²) in [5.74, 6) is 0. The maximum absolute atomic E-state index is 12.3. The first-order valence-corrected chi connectivity index (χ1v) is 5.80. The number of hydrogen-bond donors (Lipinski definition) is 1. The zero-order valence-corrected chi connectivity index (χ0v) is 10.6. The first kappa shape index (κ1) is 15.7. The van der Waals surface area contributed by atoms with E-state index >= 15 is 0 Å². The van der Waals surface area contributed by atoms with Crippen molar-refractivity contribution in [1.82, 2.24) is 10.2 Å². The van der Waals surface area contributed by atoms with Crippen LogP contribution in [0.2, 0.25) is 0 Å². The molecule has 1 atom stereocenters. The van der Waals surface area contributed by atoms with Gasteiger partial charge in [-0.25, -0.2) is 0 Å². The fourth-order valence-electron chi connectivity index (χ4n) is 1.35. The Balaban J connectivity index is 3.96. The van der Waals surface area contributed by atoms with Crippen molar-refractivity contribution in [3.63, 3.8) is 0 Å². The summed E-state index contributed by atoms with van der Waals surface area (Å²) in [6.45, 7) is 7.86. The second-order valence-corrected chi connectivity index (χ2v) is 4.44. The van der Waals surface area contributed by atoms with Gasteiger partial charge in [-0.2, -0.15) is 13.2 Å². The molecule has 0 aromatic carbocycles. The van der Waals surface area contributed by atoms with E-state index in [0.717, 1.165) is 6.42 Å². The number of hydrogen-bond acceptors (Lipinski definition) is 2. The molecular formula is C11H23F3N2. The van der Waals surface area contributed by atoms with Crippen LogP contribution in [0.1, 0.15) is 34.1 Å². The summed E-state index contributed by atoms with van der Waals surface area (Å²) in [7, 11) is 0. The van der Waals surface area contributed by atoms with Gasteiger partial charge >= 0.3 is 6.18 Å². The highest BCUT2D eigenvalue weighted by atomic mass is 19.4. The number of nitrogens with one attached hydrogen (secondary N) is 1. The van der Waals surface area contributed by atoms with Crippen molar-refractivity contribution in [2.45, 2.75) is 52.4 Å². The molecule has 0 aliphatic carbocycles. The predicted octanol–water partition coefficient (Wildman–Crippen LogP) is 2.65. The molecule has 1 unspecified atom stereocenters. The minimum Gasteiger partial charge on any atom is -0.313 e. The van der Waals surface area contributed by atoms with Crippen molar-refractivity contribution in [2.24, 2.45) is 0 Å². The summed E-state index contributed by atoms with van der Waals surface area (Å²) in [5.41, 5.74) is 0. The molecule has 0 spiro atoms. The molecule has 2 nitrogen and oxygen atoms in total. The van der Waals surface area contributed by atoms with Gasteiger partial charge in [0.15, 0.2) is 0 Å². The van der Waals surface area contributed by atoms with Crippen LogP contribution in [-0.2, 0) is 0 Å². The van der Waals surface area contributed by atoms with Crippen LogP contribution in [-0.4, -0.2) is 42.8 Å². The van der Waals surface area contributed by atoms with E-state index in [-0.39, 0.29) is 6.04 Å². The lowest BCUT2D eigenvalue weighted by atomic mass is 10.2. The Bertz CT molecular complexity index is 181. The van der Waals surface area contributed by atoms with Crippen LogP contribution in [0.4, 0.5) is 13.2 Å². The average Bonchev–Trinajstić information content (AvgIpc) is 2.13. The molecule has 1 N–H and O–H groups in total. The number of rotatable bonds is 7. The molecule has 0 aromatic heterocycles. The van der Waals surface area contributed by atoms with Crippen LogP contribution in [0.15, 0.2) is 0 Å². The first-order chi connectivity index (χ1) is 7.26. The molecule has 0 radical (unpaired) electrons. The highest BCUT2D eigenvalue weighted by Gasteiger charge is 2.31. The standard InChI is InChI=1S/C11H23F3N2/c1-5-10(4)15-6-7-16(9(2)3)8-11(12,13)14/h9-10,15H,5-8H2,1-4H3. The topological polar surface area (TPSA) is 15.3 Å². The lowest BCUT2D eigenvalue weighted by molar-refractivity contribution is -0.149. The van der Waals surface area contributed by atoms with Crippen LogP contribution in [0.3, 0.4) is 0 Å². The first-order valence-electron chi connectivity index (χ1n) is 5.80. The van der Waals surface area contributed by atoms with Gasteiger partial charge in [-0.05, 0) is 27.2 Å². The molecule has 0 saturated carbocycles.